The second kappa shape index (κ2) is 14.4. The predicted molar refractivity (Wildman–Crippen MR) is 128 cm³/mol. The summed E-state index contributed by atoms with van der Waals surface area (Å²) in [5.41, 5.74) is 0.109. The summed E-state index contributed by atoms with van der Waals surface area (Å²) >= 11 is 0. The molecule has 0 unspecified atom stereocenters. The molecule has 1 saturated heterocycles. The number of hydrogen-bond acceptors (Lipinski definition) is 14. The van der Waals surface area contributed by atoms with E-state index in [0.29, 0.717) is 0 Å². The second-order valence-corrected chi connectivity index (χ2v) is 8.68. The van der Waals surface area contributed by atoms with E-state index >= 15 is 0 Å². The third kappa shape index (κ3) is 8.51. The Kier molecular flexibility index (Phi) is 11.6. The maximum atomic E-state index is 12.3. The van der Waals surface area contributed by atoms with Crippen LogP contribution in [0.1, 0.15) is 41.0 Å². The molecule has 1 N–H and O–H groups in total. The number of methoxy groups -OCH3 is 1. The Balaban J connectivity index is 2.54. The number of rotatable bonds is 10. The van der Waals surface area contributed by atoms with E-state index in [9.17, 15) is 33.9 Å². The molecule has 0 aliphatic carbocycles. The van der Waals surface area contributed by atoms with Crippen LogP contribution in [0.15, 0.2) is 23.5 Å². The van der Waals surface area contributed by atoms with Crippen molar-refractivity contribution < 1.29 is 71.8 Å². The fourth-order valence-corrected chi connectivity index (χ4v) is 4.22. The Bertz CT molecular complexity index is 1060. The van der Waals surface area contributed by atoms with Gasteiger partial charge in [-0.15, -0.1) is 0 Å². The Hall–Kier alpha value is -3.98. The summed E-state index contributed by atoms with van der Waals surface area (Å²) in [6, 6.07) is 0. The Morgan fingerprint density at radius 2 is 1.48 bits per heavy atom. The molecule has 0 radical (unpaired) electrons. The van der Waals surface area contributed by atoms with Crippen LogP contribution in [0.3, 0.4) is 0 Å². The minimum atomic E-state index is -1.60. The smallest absolute Gasteiger partial charge is 0.337 e. The lowest BCUT2D eigenvalue weighted by molar-refractivity contribution is -0.331. The summed E-state index contributed by atoms with van der Waals surface area (Å²) in [5, 5.41) is 9.46. The van der Waals surface area contributed by atoms with Crippen molar-refractivity contribution >= 4 is 35.8 Å². The van der Waals surface area contributed by atoms with Crippen molar-refractivity contribution in [2.75, 3.05) is 13.7 Å². The molecule has 0 amide bonds. The van der Waals surface area contributed by atoms with Gasteiger partial charge in [0.25, 0.3) is 0 Å². The van der Waals surface area contributed by atoms with Gasteiger partial charge in [0.2, 0.25) is 12.6 Å². The number of carboxylic acid groups (broad SMARTS) is 1. The van der Waals surface area contributed by atoms with E-state index in [0.717, 1.165) is 41.1 Å². The van der Waals surface area contributed by atoms with Crippen LogP contribution in [-0.2, 0) is 66.7 Å². The number of ether oxygens (including phenoxy) is 8. The molecule has 2 rings (SSSR count). The van der Waals surface area contributed by atoms with Gasteiger partial charge >= 0.3 is 35.8 Å². The molecular weight excluding hydrogens is 540 g/mol. The molecule has 0 spiro atoms. The SMILES string of the molecule is C/C=C1\[C@H](O[C@@H]2O[C@H](COC(C)=O)[C@@H](OC(C)=O)[C@H](OC(C)=O)[C@H]2OC(C)=O)OC=C(C(=O)OC)[C@H]1CC(=O)O. The first-order valence-corrected chi connectivity index (χ1v) is 12.1. The number of carboxylic acids is 1. The molecule has 0 aromatic carbocycles. The van der Waals surface area contributed by atoms with Gasteiger partial charge in [0.1, 0.15) is 12.7 Å². The molecule has 0 aromatic rings. The Labute approximate surface area is 229 Å². The van der Waals surface area contributed by atoms with Crippen molar-refractivity contribution in [3.63, 3.8) is 0 Å². The number of esters is 5. The standard InChI is InChI=1S/C25H32O15/c1-7-15-16(8-19(30)31)17(23(32)33-6)9-35-24(15)40-25-22(38-14(5)29)21(37-13(4)28)20(36-12(3)27)18(39-25)10-34-11(2)26/h7,9,16,18,20-22,24-25H,8,10H2,1-6H3,(H,30,31)/b15-7-/t16-,18+,20+,21-,22+,24-,25-/m0/s1. The highest BCUT2D eigenvalue weighted by Gasteiger charge is 2.54. The van der Waals surface area contributed by atoms with Crippen LogP contribution in [0.4, 0.5) is 0 Å². The van der Waals surface area contributed by atoms with Crippen LogP contribution >= 0.6 is 0 Å². The quantitative estimate of drug-likeness (QED) is 0.216. The van der Waals surface area contributed by atoms with Gasteiger partial charge in [-0.25, -0.2) is 4.79 Å². The van der Waals surface area contributed by atoms with Crippen molar-refractivity contribution in [2.45, 2.75) is 78.0 Å². The average molecular weight is 573 g/mol. The van der Waals surface area contributed by atoms with E-state index in [4.69, 9.17) is 37.9 Å². The molecule has 222 valence electrons. The normalized spacial score (nSPS) is 28.8. The molecule has 0 bridgehead atoms. The van der Waals surface area contributed by atoms with Crippen molar-refractivity contribution in [2.24, 2.45) is 5.92 Å². The van der Waals surface area contributed by atoms with Crippen LogP contribution < -0.4 is 0 Å². The number of carbonyl (C=O) groups excluding carboxylic acids is 5. The Morgan fingerprint density at radius 1 is 0.900 bits per heavy atom. The minimum Gasteiger partial charge on any atom is -0.481 e. The van der Waals surface area contributed by atoms with Gasteiger partial charge in [-0.05, 0) is 6.92 Å². The maximum Gasteiger partial charge on any atom is 0.337 e. The highest BCUT2D eigenvalue weighted by Crippen LogP contribution is 2.37. The van der Waals surface area contributed by atoms with E-state index < -0.39 is 91.8 Å². The summed E-state index contributed by atoms with van der Waals surface area (Å²) in [4.78, 5) is 71.3. The maximum absolute atomic E-state index is 12.3. The topological polar surface area (TPSA) is 196 Å². The molecule has 2 aliphatic heterocycles. The van der Waals surface area contributed by atoms with Crippen LogP contribution in [0, 0.1) is 5.92 Å². The molecule has 0 saturated carbocycles. The van der Waals surface area contributed by atoms with Gasteiger partial charge in [0, 0.05) is 39.2 Å². The third-order valence-corrected chi connectivity index (χ3v) is 5.71. The summed E-state index contributed by atoms with van der Waals surface area (Å²) in [6.45, 7) is 5.42. The first kappa shape index (κ1) is 32.2. The van der Waals surface area contributed by atoms with E-state index in [1.54, 1.807) is 6.92 Å². The van der Waals surface area contributed by atoms with Gasteiger partial charge in [0.15, 0.2) is 18.3 Å². The lowest BCUT2D eigenvalue weighted by Crippen LogP contribution is -2.63. The van der Waals surface area contributed by atoms with Crippen molar-refractivity contribution in [1.29, 1.82) is 0 Å². The fourth-order valence-electron chi connectivity index (χ4n) is 4.22. The Morgan fingerprint density at radius 3 is 1.98 bits per heavy atom. The van der Waals surface area contributed by atoms with Crippen LogP contribution in [-0.4, -0.2) is 91.6 Å². The predicted octanol–water partition coefficient (Wildman–Crippen LogP) is 0.537. The van der Waals surface area contributed by atoms with Crippen LogP contribution in [0.5, 0.6) is 0 Å². The van der Waals surface area contributed by atoms with Crippen LogP contribution in [0.2, 0.25) is 0 Å². The zero-order valence-corrected chi connectivity index (χ0v) is 22.8. The second-order valence-electron chi connectivity index (χ2n) is 8.68. The summed E-state index contributed by atoms with van der Waals surface area (Å²) in [5.74, 6) is -6.25. The minimum absolute atomic E-state index is 0.0839. The molecule has 1 fully saturated rings. The van der Waals surface area contributed by atoms with Gasteiger partial charge in [0.05, 0.1) is 25.4 Å². The van der Waals surface area contributed by atoms with E-state index in [2.05, 4.69) is 0 Å². The first-order valence-electron chi connectivity index (χ1n) is 12.1. The van der Waals surface area contributed by atoms with Gasteiger partial charge < -0.3 is 43.0 Å². The molecule has 15 nitrogen and oxygen atoms in total. The molecule has 2 heterocycles. The number of hydrogen-bond donors (Lipinski definition) is 1. The lowest BCUT2D eigenvalue weighted by Gasteiger charge is -2.45. The van der Waals surface area contributed by atoms with Crippen LogP contribution in [0.25, 0.3) is 0 Å². The molecule has 7 atom stereocenters. The van der Waals surface area contributed by atoms with Gasteiger partial charge in [-0.2, -0.15) is 0 Å². The first-order chi connectivity index (χ1) is 18.8. The zero-order valence-electron chi connectivity index (χ0n) is 22.8. The number of allylic oxidation sites excluding steroid dienone is 1. The van der Waals surface area contributed by atoms with E-state index in [1.165, 1.54) is 6.08 Å². The monoisotopic (exact) mass is 572 g/mol. The number of carbonyl (C=O) groups is 6. The van der Waals surface area contributed by atoms with E-state index in [1.807, 2.05) is 0 Å². The van der Waals surface area contributed by atoms with Crippen molar-refractivity contribution in [1.82, 2.24) is 0 Å². The third-order valence-electron chi connectivity index (χ3n) is 5.71. The zero-order chi connectivity index (χ0) is 30.1. The average Bonchev–Trinajstić information content (AvgIpc) is 2.85. The highest BCUT2D eigenvalue weighted by atomic mass is 16.8. The number of aliphatic carboxylic acids is 1. The van der Waals surface area contributed by atoms with Gasteiger partial charge in [-0.3, -0.25) is 24.0 Å². The summed E-state index contributed by atoms with van der Waals surface area (Å²) < 4.78 is 43.2. The largest absolute Gasteiger partial charge is 0.481 e. The van der Waals surface area contributed by atoms with Crippen molar-refractivity contribution in [3.8, 4) is 0 Å². The van der Waals surface area contributed by atoms with Crippen molar-refractivity contribution in [3.05, 3.63) is 23.5 Å². The molecule has 40 heavy (non-hydrogen) atoms. The summed E-state index contributed by atoms with van der Waals surface area (Å²) in [6.07, 6.45) is -6.75. The molecule has 0 aromatic heterocycles. The molecule has 2 aliphatic rings. The fraction of sp³-hybridized carbons (Fsp3) is 0.600. The lowest BCUT2D eigenvalue weighted by atomic mass is 9.86. The highest BCUT2D eigenvalue weighted by molar-refractivity contribution is 5.90. The summed E-state index contributed by atoms with van der Waals surface area (Å²) in [7, 11) is 1.12. The molecule has 15 heteroatoms. The molecular formula is C25H32O15. The van der Waals surface area contributed by atoms with Gasteiger partial charge in [-0.1, -0.05) is 6.08 Å². The van der Waals surface area contributed by atoms with E-state index in [-0.39, 0.29) is 11.1 Å².